The molecule has 0 heterocycles. The topological polar surface area (TPSA) is 21.3 Å². The van der Waals surface area contributed by atoms with Gasteiger partial charge in [-0.25, -0.2) is 4.39 Å². The van der Waals surface area contributed by atoms with Gasteiger partial charge in [0.1, 0.15) is 0 Å². The number of methoxy groups -OCH3 is 1. The summed E-state index contributed by atoms with van der Waals surface area (Å²) in [6.07, 6.45) is 2.39. The minimum Gasteiger partial charge on any atom is -0.494 e. The van der Waals surface area contributed by atoms with Crippen molar-refractivity contribution >= 4 is 5.69 Å². The molecule has 3 heteroatoms. The standard InChI is InChI=1S/C12H16FNO/c1-8-5-10(6-8)14-9-3-4-11(13)12(7-9)15-2/h3-4,7-8,10,14H,5-6H2,1-2H3. The van der Waals surface area contributed by atoms with Crippen LogP contribution in [0.4, 0.5) is 10.1 Å². The first-order valence-electron chi connectivity index (χ1n) is 5.29. The highest BCUT2D eigenvalue weighted by atomic mass is 19.1. The highest BCUT2D eigenvalue weighted by Crippen LogP contribution is 2.30. The van der Waals surface area contributed by atoms with E-state index in [9.17, 15) is 4.39 Å². The summed E-state index contributed by atoms with van der Waals surface area (Å²) >= 11 is 0. The van der Waals surface area contributed by atoms with Crippen molar-refractivity contribution < 1.29 is 9.13 Å². The third-order valence-corrected chi connectivity index (χ3v) is 2.90. The van der Waals surface area contributed by atoms with E-state index in [1.807, 2.05) is 0 Å². The van der Waals surface area contributed by atoms with Crippen LogP contribution in [0.15, 0.2) is 18.2 Å². The van der Waals surface area contributed by atoms with Gasteiger partial charge in [-0.15, -0.1) is 0 Å². The van der Waals surface area contributed by atoms with Crippen molar-refractivity contribution in [3.05, 3.63) is 24.0 Å². The van der Waals surface area contributed by atoms with Crippen LogP contribution in [0.25, 0.3) is 0 Å². The van der Waals surface area contributed by atoms with E-state index in [1.54, 1.807) is 12.1 Å². The van der Waals surface area contributed by atoms with Gasteiger partial charge in [-0.3, -0.25) is 0 Å². The molecular formula is C12H16FNO. The number of halogens is 1. The molecule has 1 N–H and O–H groups in total. The van der Waals surface area contributed by atoms with E-state index in [4.69, 9.17) is 4.74 Å². The molecule has 82 valence electrons. The van der Waals surface area contributed by atoms with Gasteiger partial charge in [0.2, 0.25) is 0 Å². The predicted molar refractivity (Wildman–Crippen MR) is 58.8 cm³/mol. The van der Waals surface area contributed by atoms with Gasteiger partial charge in [-0.2, -0.15) is 0 Å². The van der Waals surface area contributed by atoms with Crippen LogP contribution >= 0.6 is 0 Å². The molecule has 0 bridgehead atoms. The van der Waals surface area contributed by atoms with E-state index < -0.39 is 0 Å². The van der Waals surface area contributed by atoms with Gasteiger partial charge in [-0.1, -0.05) is 6.92 Å². The SMILES string of the molecule is COc1cc(NC2CC(C)C2)ccc1F. The molecule has 0 saturated heterocycles. The zero-order chi connectivity index (χ0) is 10.8. The maximum Gasteiger partial charge on any atom is 0.165 e. The Bertz CT molecular complexity index is 347. The lowest BCUT2D eigenvalue weighted by Gasteiger charge is -2.34. The Morgan fingerprint density at radius 3 is 2.73 bits per heavy atom. The van der Waals surface area contributed by atoms with Crippen LogP contribution in [0.5, 0.6) is 5.75 Å². The lowest BCUT2D eigenvalue weighted by molar-refractivity contribution is 0.309. The van der Waals surface area contributed by atoms with E-state index in [-0.39, 0.29) is 5.82 Å². The Labute approximate surface area is 89.4 Å². The molecule has 1 saturated carbocycles. The smallest absolute Gasteiger partial charge is 0.165 e. The average molecular weight is 209 g/mol. The molecule has 0 amide bonds. The van der Waals surface area contributed by atoms with Crippen molar-refractivity contribution in [2.45, 2.75) is 25.8 Å². The normalized spacial score (nSPS) is 24.5. The molecule has 0 unspecified atom stereocenters. The summed E-state index contributed by atoms with van der Waals surface area (Å²) in [5, 5.41) is 3.36. The molecule has 1 aliphatic rings. The number of ether oxygens (including phenoxy) is 1. The zero-order valence-corrected chi connectivity index (χ0v) is 9.09. The summed E-state index contributed by atoms with van der Waals surface area (Å²) < 4.78 is 18.0. The lowest BCUT2D eigenvalue weighted by Crippen LogP contribution is -2.33. The maximum atomic E-state index is 13.1. The zero-order valence-electron chi connectivity index (χ0n) is 9.09. The summed E-state index contributed by atoms with van der Waals surface area (Å²) in [5.41, 5.74) is 0.935. The predicted octanol–water partition coefficient (Wildman–Crippen LogP) is 3.04. The van der Waals surface area contributed by atoms with E-state index in [2.05, 4.69) is 12.2 Å². The highest BCUT2D eigenvalue weighted by molar-refractivity contribution is 5.49. The molecule has 1 aromatic carbocycles. The Morgan fingerprint density at radius 2 is 2.13 bits per heavy atom. The molecular weight excluding hydrogens is 193 g/mol. The number of hydrogen-bond acceptors (Lipinski definition) is 2. The van der Waals surface area contributed by atoms with Gasteiger partial charge in [0.05, 0.1) is 7.11 Å². The fraction of sp³-hybridized carbons (Fsp3) is 0.500. The Morgan fingerprint density at radius 1 is 1.40 bits per heavy atom. The third kappa shape index (κ3) is 2.22. The fourth-order valence-corrected chi connectivity index (χ4v) is 2.01. The third-order valence-electron chi connectivity index (χ3n) is 2.90. The highest BCUT2D eigenvalue weighted by Gasteiger charge is 2.24. The van der Waals surface area contributed by atoms with E-state index >= 15 is 0 Å². The second-order valence-corrected chi connectivity index (χ2v) is 4.27. The molecule has 0 aromatic heterocycles. The Hall–Kier alpha value is -1.25. The van der Waals surface area contributed by atoms with E-state index in [0.717, 1.165) is 11.6 Å². The van der Waals surface area contributed by atoms with Crippen molar-refractivity contribution in [1.82, 2.24) is 0 Å². The lowest BCUT2D eigenvalue weighted by atomic mass is 9.82. The molecule has 2 nitrogen and oxygen atoms in total. The largest absolute Gasteiger partial charge is 0.494 e. The molecule has 2 rings (SSSR count). The van der Waals surface area contributed by atoms with Gasteiger partial charge in [0, 0.05) is 17.8 Å². The summed E-state index contributed by atoms with van der Waals surface area (Å²) in [5.74, 6) is 0.794. The van der Waals surface area contributed by atoms with Gasteiger partial charge in [0.25, 0.3) is 0 Å². The van der Waals surface area contributed by atoms with Crippen LogP contribution in [-0.2, 0) is 0 Å². The maximum absolute atomic E-state index is 13.1. The van der Waals surface area contributed by atoms with Crippen LogP contribution in [0.1, 0.15) is 19.8 Å². The van der Waals surface area contributed by atoms with Crippen LogP contribution in [-0.4, -0.2) is 13.2 Å². The first-order valence-corrected chi connectivity index (χ1v) is 5.29. The van der Waals surface area contributed by atoms with E-state index in [0.29, 0.717) is 11.8 Å². The number of rotatable bonds is 3. The van der Waals surface area contributed by atoms with E-state index in [1.165, 1.54) is 26.0 Å². The molecule has 15 heavy (non-hydrogen) atoms. The molecule has 1 fully saturated rings. The average Bonchev–Trinajstić information content (AvgIpc) is 2.18. The van der Waals surface area contributed by atoms with Crippen molar-refractivity contribution in [2.24, 2.45) is 5.92 Å². The Kier molecular flexibility index (Phi) is 2.80. The quantitative estimate of drug-likeness (QED) is 0.826. The number of benzene rings is 1. The molecule has 0 atom stereocenters. The molecule has 1 aliphatic carbocycles. The minimum absolute atomic E-state index is 0.298. The van der Waals surface area contributed by atoms with Gasteiger partial charge in [0.15, 0.2) is 11.6 Å². The van der Waals surface area contributed by atoms with Crippen molar-refractivity contribution in [3.63, 3.8) is 0 Å². The number of hydrogen-bond donors (Lipinski definition) is 1. The van der Waals surface area contributed by atoms with Crippen LogP contribution in [0, 0.1) is 11.7 Å². The van der Waals surface area contributed by atoms with Gasteiger partial charge >= 0.3 is 0 Å². The van der Waals surface area contributed by atoms with Crippen LogP contribution in [0.2, 0.25) is 0 Å². The molecule has 1 aromatic rings. The van der Waals surface area contributed by atoms with Crippen LogP contribution < -0.4 is 10.1 Å². The van der Waals surface area contributed by atoms with Gasteiger partial charge in [-0.05, 0) is 30.9 Å². The fourth-order valence-electron chi connectivity index (χ4n) is 2.01. The van der Waals surface area contributed by atoms with Crippen molar-refractivity contribution in [2.75, 3.05) is 12.4 Å². The first kappa shape index (κ1) is 10.3. The summed E-state index contributed by atoms with van der Waals surface area (Å²) in [4.78, 5) is 0. The first-order chi connectivity index (χ1) is 7.19. The second kappa shape index (κ2) is 4.09. The van der Waals surface area contributed by atoms with Gasteiger partial charge < -0.3 is 10.1 Å². The summed E-state index contributed by atoms with van der Waals surface area (Å²) in [6.45, 7) is 2.24. The van der Waals surface area contributed by atoms with Crippen LogP contribution in [0.3, 0.4) is 0 Å². The molecule has 0 radical (unpaired) electrons. The molecule has 0 aliphatic heterocycles. The molecule has 0 spiro atoms. The number of nitrogens with one attached hydrogen (secondary N) is 1. The Balaban J connectivity index is 2.02. The minimum atomic E-state index is -0.315. The second-order valence-electron chi connectivity index (χ2n) is 4.27. The monoisotopic (exact) mass is 209 g/mol. The summed E-state index contributed by atoms with van der Waals surface area (Å²) in [7, 11) is 1.48. The van der Waals surface area contributed by atoms with Crippen molar-refractivity contribution in [1.29, 1.82) is 0 Å². The summed E-state index contributed by atoms with van der Waals surface area (Å²) in [6, 6.07) is 5.43. The number of anilines is 1. The van der Waals surface area contributed by atoms with Crippen molar-refractivity contribution in [3.8, 4) is 5.75 Å².